The average molecular weight is 384 g/mol. The van der Waals surface area contributed by atoms with Gasteiger partial charge in [-0.15, -0.1) is 0 Å². The van der Waals surface area contributed by atoms with Crippen LogP contribution in [0.2, 0.25) is 0 Å². The molecule has 2 aromatic rings. The van der Waals surface area contributed by atoms with Crippen LogP contribution in [0.5, 0.6) is 0 Å². The van der Waals surface area contributed by atoms with Gasteiger partial charge in [-0.2, -0.15) is 4.98 Å². The van der Waals surface area contributed by atoms with Crippen LogP contribution in [-0.4, -0.2) is 46.2 Å². The van der Waals surface area contributed by atoms with Crippen molar-refractivity contribution in [3.05, 3.63) is 52.6 Å². The van der Waals surface area contributed by atoms with E-state index < -0.39 is 0 Å². The molecule has 3 rings (SSSR count). The lowest BCUT2D eigenvalue weighted by Crippen LogP contribution is -2.46. The van der Waals surface area contributed by atoms with E-state index in [2.05, 4.69) is 48.2 Å². The number of hydrogen-bond donors (Lipinski definition) is 2. The number of nitrogens with one attached hydrogen (secondary N) is 1. The highest BCUT2D eigenvalue weighted by atomic mass is 16.1. The quantitative estimate of drug-likeness (QED) is 0.769. The molecule has 152 valence electrons. The molecule has 6 heteroatoms. The summed E-state index contributed by atoms with van der Waals surface area (Å²) in [5.74, 6) is 0.245. The van der Waals surface area contributed by atoms with Gasteiger partial charge in [0.05, 0.1) is 5.69 Å². The van der Waals surface area contributed by atoms with E-state index in [9.17, 15) is 4.79 Å². The van der Waals surface area contributed by atoms with Crippen molar-refractivity contribution in [1.82, 2.24) is 19.8 Å². The molecule has 1 atom stereocenters. The summed E-state index contributed by atoms with van der Waals surface area (Å²) >= 11 is 0. The molecule has 0 radical (unpaired) electrons. The maximum atomic E-state index is 12.0. The van der Waals surface area contributed by atoms with Gasteiger partial charge in [0.15, 0.2) is 0 Å². The molecule has 1 aliphatic carbocycles. The second-order valence-electron chi connectivity index (χ2n) is 7.85. The third-order valence-corrected chi connectivity index (χ3v) is 6.08. The van der Waals surface area contributed by atoms with E-state index in [-0.39, 0.29) is 11.5 Å². The topological polar surface area (TPSA) is 76.2 Å². The summed E-state index contributed by atoms with van der Waals surface area (Å²) in [7, 11) is 2.07. The smallest absolute Gasteiger partial charge is 0.354 e. The van der Waals surface area contributed by atoms with Crippen molar-refractivity contribution in [2.24, 2.45) is 0 Å². The fourth-order valence-corrected chi connectivity index (χ4v) is 4.49. The maximum Gasteiger partial charge on any atom is 0.354 e. The summed E-state index contributed by atoms with van der Waals surface area (Å²) in [5, 5.41) is 3.42. The summed E-state index contributed by atoms with van der Waals surface area (Å²) in [4.78, 5) is 18.5. The zero-order valence-corrected chi connectivity index (χ0v) is 17.3. The zero-order chi connectivity index (χ0) is 20.1. The second-order valence-corrected chi connectivity index (χ2v) is 7.85. The Balaban J connectivity index is 1.64. The first kappa shape index (κ1) is 20.6. The van der Waals surface area contributed by atoms with Crippen LogP contribution in [0.15, 0.2) is 41.3 Å². The molecule has 1 fully saturated rings. The average Bonchev–Trinajstić information content (AvgIpc) is 2.70. The molecule has 0 spiro atoms. The highest BCUT2D eigenvalue weighted by Gasteiger charge is 2.27. The summed E-state index contributed by atoms with van der Waals surface area (Å²) < 4.78 is 1.52. The van der Waals surface area contributed by atoms with Crippen molar-refractivity contribution < 1.29 is 0 Å². The van der Waals surface area contributed by atoms with Crippen molar-refractivity contribution in [3.8, 4) is 5.69 Å². The van der Waals surface area contributed by atoms with Crippen LogP contribution < -0.4 is 16.7 Å². The summed E-state index contributed by atoms with van der Waals surface area (Å²) in [6.45, 7) is 5.68. The Morgan fingerprint density at radius 3 is 2.46 bits per heavy atom. The van der Waals surface area contributed by atoms with Crippen LogP contribution >= 0.6 is 0 Å². The summed E-state index contributed by atoms with van der Waals surface area (Å²) in [6.07, 6.45) is 7.76. The molecule has 0 saturated heterocycles. The van der Waals surface area contributed by atoms with Crippen molar-refractivity contribution in [2.45, 2.75) is 64.1 Å². The Hall–Kier alpha value is -2.18. The van der Waals surface area contributed by atoms with Crippen molar-refractivity contribution in [2.75, 3.05) is 19.3 Å². The predicted octanol–water partition coefficient (Wildman–Crippen LogP) is 2.60. The van der Waals surface area contributed by atoms with E-state index in [0.717, 1.165) is 18.7 Å². The summed E-state index contributed by atoms with van der Waals surface area (Å²) in [5.41, 5.74) is 7.32. The zero-order valence-electron chi connectivity index (χ0n) is 17.3. The molecule has 28 heavy (non-hydrogen) atoms. The molecule has 0 bridgehead atoms. The molecule has 6 nitrogen and oxygen atoms in total. The number of rotatable bonds is 7. The lowest BCUT2D eigenvalue weighted by molar-refractivity contribution is 0.110. The highest BCUT2D eigenvalue weighted by Crippen LogP contribution is 2.25. The molecule has 1 aromatic heterocycles. The lowest BCUT2D eigenvalue weighted by atomic mass is 9.89. The van der Waals surface area contributed by atoms with Crippen molar-refractivity contribution in [3.63, 3.8) is 0 Å². The molecule has 1 unspecified atom stereocenters. The number of nitrogens with zero attached hydrogens (tertiary/aromatic N) is 3. The molecule has 1 saturated carbocycles. The minimum atomic E-state index is -0.351. The van der Waals surface area contributed by atoms with Crippen LogP contribution in [0.25, 0.3) is 5.69 Å². The minimum Gasteiger partial charge on any atom is -0.383 e. The van der Waals surface area contributed by atoms with Gasteiger partial charge in [0, 0.05) is 24.3 Å². The first-order chi connectivity index (χ1) is 13.5. The second kappa shape index (κ2) is 9.34. The Morgan fingerprint density at radius 1 is 1.21 bits per heavy atom. The van der Waals surface area contributed by atoms with Crippen LogP contribution in [0.3, 0.4) is 0 Å². The Kier molecular flexibility index (Phi) is 6.86. The Morgan fingerprint density at radius 2 is 1.89 bits per heavy atom. The molecule has 1 aromatic carbocycles. The van der Waals surface area contributed by atoms with Crippen LogP contribution in [-0.2, 0) is 6.42 Å². The van der Waals surface area contributed by atoms with Gasteiger partial charge in [0.2, 0.25) is 0 Å². The van der Waals surface area contributed by atoms with Gasteiger partial charge in [-0.25, -0.2) is 4.79 Å². The number of likely N-dealkylation sites (N-methyl/N-ethyl adjacent to an activating group) is 1. The predicted molar refractivity (Wildman–Crippen MR) is 115 cm³/mol. The van der Waals surface area contributed by atoms with Crippen molar-refractivity contribution >= 4 is 5.82 Å². The molecule has 0 aliphatic heterocycles. The van der Waals surface area contributed by atoms with Gasteiger partial charge in [0.1, 0.15) is 5.82 Å². The third-order valence-electron chi connectivity index (χ3n) is 6.08. The van der Waals surface area contributed by atoms with Gasteiger partial charge >= 0.3 is 5.69 Å². The van der Waals surface area contributed by atoms with E-state index in [4.69, 9.17) is 5.73 Å². The fourth-order valence-electron chi connectivity index (χ4n) is 4.49. The molecule has 1 aliphatic rings. The first-order valence-electron chi connectivity index (χ1n) is 10.4. The lowest BCUT2D eigenvalue weighted by Gasteiger charge is -2.40. The first-order valence-corrected chi connectivity index (χ1v) is 10.4. The number of benzene rings is 1. The molecular formula is C22H33N5O. The summed E-state index contributed by atoms with van der Waals surface area (Å²) in [6, 6.07) is 11.7. The normalized spacial score (nSPS) is 21.0. The van der Waals surface area contributed by atoms with Gasteiger partial charge in [0.25, 0.3) is 0 Å². The third kappa shape index (κ3) is 4.80. The number of nitrogen functional groups attached to an aromatic ring is 1. The fraction of sp³-hybridized carbons (Fsp3) is 0.545. The number of hydrogen-bond acceptors (Lipinski definition) is 5. The van der Waals surface area contributed by atoms with Crippen molar-refractivity contribution in [1.29, 1.82) is 0 Å². The van der Waals surface area contributed by atoms with E-state index in [1.165, 1.54) is 35.8 Å². The monoisotopic (exact) mass is 383 g/mol. The van der Waals surface area contributed by atoms with Crippen LogP contribution in [0.4, 0.5) is 5.82 Å². The molecule has 0 amide bonds. The molecule has 3 N–H and O–H groups in total. The van der Waals surface area contributed by atoms with E-state index in [1.807, 2.05) is 12.1 Å². The Bertz CT molecular complexity index is 808. The standard InChI is InChI=1S/C22H33N5O/c1-4-26(19-11-7-18(24-3)8-12-19)16(2)15-17-5-9-20(10-6-17)27-14-13-21(23)25-22(27)28/h5-6,9-10,13-14,16,18-19,24H,4,7-8,11-12,15H2,1-3H3,(H2,23,25,28). The van der Waals surface area contributed by atoms with Gasteiger partial charge < -0.3 is 11.1 Å². The van der Waals surface area contributed by atoms with E-state index >= 15 is 0 Å². The molecular weight excluding hydrogens is 350 g/mol. The number of aromatic nitrogens is 2. The van der Waals surface area contributed by atoms with Crippen LogP contribution in [0.1, 0.15) is 45.1 Å². The largest absolute Gasteiger partial charge is 0.383 e. The van der Waals surface area contributed by atoms with E-state index in [1.54, 1.807) is 12.3 Å². The van der Waals surface area contributed by atoms with Gasteiger partial charge in [-0.3, -0.25) is 9.47 Å². The molecule has 1 heterocycles. The van der Waals surface area contributed by atoms with Crippen LogP contribution in [0, 0.1) is 0 Å². The minimum absolute atomic E-state index is 0.245. The maximum absolute atomic E-state index is 12.0. The van der Waals surface area contributed by atoms with Gasteiger partial charge in [-0.1, -0.05) is 19.1 Å². The highest BCUT2D eigenvalue weighted by molar-refractivity contribution is 5.36. The number of anilines is 1. The van der Waals surface area contributed by atoms with E-state index in [0.29, 0.717) is 18.1 Å². The Labute approximate surface area is 167 Å². The van der Waals surface area contributed by atoms with Gasteiger partial charge in [-0.05, 0) is 76.4 Å². The number of nitrogens with two attached hydrogens (primary N) is 1. The SMILES string of the molecule is CCN(C(C)Cc1ccc(-n2ccc(N)nc2=O)cc1)C1CCC(NC)CC1.